The number of likely N-dealkylation sites (N-methyl/N-ethyl adjacent to an activating group) is 1. The number of halogens is 1. The lowest BCUT2D eigenvalue weighted by molar-refractivity contribution is 0.0951. The van der Waals surface area contributed by atoms with Gasteiger partial charge in [0.1, 0.15) is 0 Å². The first kappa shape index (κ1) is 22.8. The van der Waals surface area contributed by atoms with E-state index in [0.717, 1.165) is 36.5 Å². The number of rotatable bonds is 12. The number of benzene rings is 2. The molecular weight excluding hydrogens is 398 g/mol. The maximum Gasteiger partial charge on any atom is 0.297 e. The van der Waals surface area contributed by atoms with Crippen molar-refractivity contribution in [3.05, 3.63) is 64.7 Å². The lowest BCUT2D eigenvalue weighted by Crippen LogP contribution is -2.23. The van der Waals surface area contributed by atoms with E-state index in [9.17, 15) is 8.42 Å². The molecule has 154 valence electrons. The molecule has 28 heavy (non-hydrogen) atoms. The van der Waals surface area contributed by atoms with Crippen molar-refractivity contribution in [1.29, 1.82) is 0 Å². The molecule has 0 bridgehead atoms. The number of aryl methyl sites for hydroxylation is 1. The average molecular weight is 426 g/mol. The summed E-state index contributed by atoms with van der Waals surface area (Å²) in [6.45, 7) is 4.58. The molecule has 2 aromatic carbocycles. The third kappa shape index (κ3) is 8.29. The van der Waals surface area contributed by atoms with Gasteiger partial charge in [0.05, 0.1) is 18.1 Å². The fourth-order valence-electron chi connectivity index (χ4n) is 2.64. The SMILES string of the molecule is Cc1ccc(S(=O)(=O)OCCOCCCN(C)CCc2cccc(Cl)c2)cc1. The van der Waals surface area contributed by atoms with Gasteiger partial charge >= 0.3 is 0 Å². The van der Waals surface area contributed by atoms with Crippen molar-refractivity contribution in [1.82, 2.24) is 4.90 Å². The molecule has 0 spiro atoms. The van der Waals surface area contributed by atoms with Gasteiger partial charge in [0.2, 0.25) is 0 Å². The highest BCUT2D eigenvalue weighted by atomic mass is 35.5. The van der Waals surface area contributed by atoms with Crippen LogP contribution < -0.4 is 0 Å². The van der Waals surface area contributed by atoms with Crippen LogP contribution in [0.2, 0.25) is 5.02 Å². The van der Waals surface area contributed by atoms with Crippen LogP contribution in [0.4, 0.5) is 0 Å². The molecule has 2 rings (SSSR count). The van der Waals surface area contributed by atoms with Gasteiger partial charge in [0.25, 0.3) is 10.1 Å². The van der Waals surface area contributed by atoms with Crippen molar-refractivity contribution < 1.29 is 17.3 Å². The Morgan fingerprint density at radius 3 is 2.46 bits per heavy atom. The first-order valence-electron chi connectivity index (χ1n) is 9.34. The zero-order valence-corrected chi connectivity index (χ0v) is 18.0. The molecule has 0 fully saturated rings. The van der Waals surface area contributed by atoms with Gasteiger partial charge in [-0.05, 0) is 56.6 Å². The maximum atomic E-state index is 12.0. The van der Waals surface area contributed by atoms with E-state index in [2.05, 4.69) is 18.0 Å². The zero-order valence-electron chi connectivity index (χ0n) is 16.4. The molecule has 0 saturated carbocycles. The summed E-state index contributed by atoms with van der Waals surface area (Å²) in [4.78, 5) is 2.40. The molecule has 0 saturated heterocycles. The van der Waals surface area contributed by atoms with Gasteiger partial charge in [-0.15, -0.1) is 0 Å². The predicted octanol–water partition coefficient (Wildman–Crippen LogP) is 3.93. The number of hydrogen-bond acceptors (Lipinski definition) is 5. The minimum atomic E-state index is -3.72. The van der Waals surface area contributed by atoms with Crippen LogP contribution in [-0.2, 0) is 25.5 Å². The Morgan fingerprint density at radius 2 is 1.75 bits per heavy atom. The van der Waals surface area contributed by atoms with Crippen molar-refractivity contribution in [2.45, 2.75) is 24.7 Å². The summed E-state index contributed by atoms with van der Waals surface area (Å²) in [5.74, 6) is 0. The molecule has 2 aromatic rings. The van der Waals surface area contributed by atoms with Gasteiger partial charge in [0.15, 0.2) is 0 Å². The number of nitrogens with zero attached hydrogens (tertiary/aromatic N) is 1. The highest BCUT2D eigenvalue weighted by Crippen LogP contribution is 2.13. The second-order valence-electron chi connectivity index (χ2n) is 6.74. The van der Waals surface area contributed by atoms with E-state index >= 15 is 0 Å². The Kier molecular flexibility index (Phi) is 9.41. The van der Waals surface area contributed by atoms with Gasteiger partial charge in [-0.3, -0.25) is 4.18 Å². The van der Waals surface area contributed by atoms with Crippen molar-refractivity contribution in [3.63, 3.8) is 0 Å². The van der Waals surface area contributed by atoms with Crippen LogP contribution in [0.1, 0.15) is 17.5 Å². The Balaban J connectivity index is 1.54. The summed E-state index contributed by atoms with van der Waals surface area (Å²) in [6, 6.07) is 14.5. The average Bonchev–Trinajstić information content (AvgIpc) is 2.66. The molecule has 0 aliphatic heterocycles. The molecule has 0 aliphatic carbocycles. The molecule has 5 nitrogen and oxygen atoms in total. The van der Waals surface area contributed by atoms with E-state index in [1.165, 1.54) is 5.56 Å². The van der Waals surface area contributed by atoms with E-state index in [0.29, 0.717) is 6.61 Å². The third-order valence-electron chi connectivity index (χ3n) is 4.28. The molecule has 0 amide bonds. The predicted molar refractivity (Wildman–Crippen MR) is 112 cm³/mol. The van der Waals surface area contributed by atoms with Crippen LogP contribution in [-0.4, -0.2) is 53.3 Å². The highest BCUT2D eigenvalue weighted by Gasteiger charge is 2.14. The molecule has 0 unspecified atom stereocenters. The monoisotopic (exact) mass is 425 g/mol. The summed E-state index contributed by atoms with van der Waals surface area (Å²) in [6.07, 6.45) is 1.82. The van der Waals surface area contributed by atoms with Crippen LogP contribution in [0.25, 0.3) is 0 Å². The normalized spacial score (nSPS) is 11.9. The first-order valence-corrected chi connectivity index (χ1v) is 11.1. The number of hydrogen-bond donors (Lipinski definition) is 0. The minimum Gasteiger partial charge on any atom is -0.379 e. The molecule has 0 aliphatic rings. The smallest absolute Gasteiger partial charge is 0.297 e. The minimum absolute atomic E-state index is 0.0147. The maximum absolute atomic E-state index is 12.0. The molecule has 0 N–H and O–H groups in total. The fraction of sp³-hybridized carbons (Fsp3) is 0.429. The van der Waals surface area contributed by atoms with Crippen molar-refractivity contribution in [2.24, 2.45) is 0 Å². The summed E-state index contributed by atoms with van der Waals surface area (Å²) in [5.41, 5.74) is 2.22. The van der Waals surface area contributed by atoms with Gasteiger partial charge in [0, 0.05) is 24.7 Å². The molecule has 7 heteroatoms. The largest absolute Gasteiger partial charge is 0.379 e. The van der Waals surface area contributed by atoms with Crippen molar-refractivity contribution in [2.75, 3.05) is 40.0 Å². The standard InChI is InChI=1S/C21H28ClNO4S/c1-18-7-9-21(10-8-18)28(24,25)27-16-15-26-14-4-12-23(2)13-11-19-5-3-6-20(22)17-19/h3,5-10,17H,4,11-16H2,1-2H3. The second kappa shape index (κ2) is 11.5. The lowest BCUT2D eigenvalue weighted by atomic mass is 10.1. The quantitative estimate of drug-likeness (QED) is 0.381. The number of ether oxygens (including phenoxy) is 1. The van der Waals surface area contributed by atoms with Gasteiger partial charge in [-0.1, -0.05) is 41.4 Å². The van der Waals surface area contributed by atoms with Crippen LogP contribution in [0.5, 0.6) is 0 Å². The van der Waals surface area contributed by atoms with Crippen LogP contribution in [0.3, 0.4) is 0 Å². The fourth-order valence-corrected chi connectivity index (χ4v) is 3.74. The molecule has 0 aromatic heterocycles. The van der Waals surface area contributed by atoms with E-state index < -0.39 is 10.1 Å². The Bertz CT molecular complexity index is 825. The Morgan fingerprint density at radius 1 is 1.00 bits per heavy atom. The molecular formula is C21H28ClNO4S. The van der Waals surface area contributed by atoms with Gasteiger partial charge < -0.3 is 9.64 Å². The Hall–Kier alpha value is -1.44. The topological polar surface area (TPSA) is 55.8 Å². The van der Waals surface area contributed by atoms with E-state index in [4.69, 9.17) is 20.5 Å². The van der Waals surface area contributed by atoms with E-state index in [1.54, 1.807) is 24.3 Å². The highest BCUT2D eigenvalue weighted by molar-refractivity contribution is 7.86. The van der Waals surface area contributed by atoms with Gasteiger partial charge in [-0.25, -0.2) is 0 Å². The zero-order chi connectivity index (χ0) is 20.4. The second-order valence-corrected chi connectivity index (χ2v) is 8.79. The third-order valence-corrected chi connectivity index (χ3v) is 5.84. The molecule has 0 atom stereocenters. The van der Waals surface area contributed by atoms with Crippen LogP contribution >= 0.6 is 11.6 Å². The van der Waals surface area contributed by atoms with Crippen molar-refractivity contribution in [3.8, 4) is 0 Å². The summed E-state index contributed by atoms with van der Waals surface area (Å²) < 4.78 is 34.6. The summed E-state index contributed by atoms with van der Waals surface area (Å²) in [5, 5.41) is 0.764. The first-order chi connectivity index (χ1) is 13.4. The summed E-state index contributed by atoms with van der Waals surface area (Å²) >= 11 is 6.00. The van der Waals surface area contributed by atoms with Gasteiger partial charge in [-0.2, -0.15) is 8.42 Å². The van der Waals surface area contributed by atoms with Crippen LogP contribution in [0.15, 0.2) is 53.4 Å². The Labute approximate surface area is 173 Å². The lowest BCUT2D eigenvalue weighted by Gasteiger charge is -2.16. The van der Waals surface area contributed by atoms with E-state index in [1.807, 2.05) is 25.1 Å². The van der Waals surface area contributed by atoms with Crippen molar-refractivity contribution >= 4 is 21.7 Å². The van der Waals surface area contributed by atoms with Crippen LogP contribution in [0, 0.1) is 6.92 Å². The summed E-state index contributed by atoms with van der Waals surface area (Å²) in [7, 11) is -1.65. The molecule has 0 heterocycles. The molecule has 0 radical (unpaired) electrons. The van der Waals surface area contributed by atoms with E-state index in [-0.39, 0.29) is 18.1 Å².